The molecule has 0 aliphatic carbocycles. The van der Waals surface area contributed by atoms with Crippen molar-refractivity contribution in [3.05, 3.63) is 29.7 Å². The molecule has 0 bridgehead atoms. The van der Waals surface area contributed by atoms with Crippen LogP contribution >= 0.6 is 0 Å². The van der Waals surface area contributed by atoms with Crippen molar-refractivity contribution in [3.8, 4) is 11.5 Å². The molecule has 0 amide bonds. The first-order chi connectivity index (χ1) is 9.11. The summed E-state index contributed by atoms with van der Waals surface area (Å²) in [5.41, 5.74) is 2.11. The molecule has 0 aliphatic heterocycles. The van der Waals surface area contributed by atoms with E-state index in [4.69, 9.17) is 4.42 Å². The number of nitrogens with zero attached hydrogens (tertiary/aromatic N) is 1. The van der Waals surface area contributed by atoms with Gasteiger partial charge in [0.25, 0.3) is 0 Å². The minimum atomic E-state index is 0.492. The molecule has 0 saturated carbocycles. The lowest BCUT2D eigenvalue weighted by Crippen LogP contribution is -2.31. The Bertz CT molecular complexity index is 515. The van der Waals surface area contributed by atoms with Crippen LogP contribution in [0, 0.1) is 12.8 Å². The fourth-order valence-electron chi connectivity index (χ4n) is 2.05. The van der Waals surface area contributed by atoms with Gasteiger partial charge in [-0.05, 0) is 31.9 Å². The monoisotopic (exact) mass is 261 g/mol. The lowest BCUT2D eigenvalue weighted by atomic mass is 10.0. The molecule has 2 unspecified atom stereocenters. The Morgan fingerprint density at radius 2 is 2.16 bits per heavy atom. The lowest BCUT2D eigenvalue weighted by molar-refractivity contribution is 0.389. The van der Waals surface area contributed by atoms with Gasteiger partial charge in [0.2, 0.25) is 0 Å². The third-order valence-corrected chi connectivity index (χ3v) is 3.82. The Balaban J connectivity index is 2.04. The van der Waals surface area contributed by atoms with Crippen LogP contribution in [0.5, 0.6) is 0 Å². The van der Waals surface area contributed by atoms with Crippen molar-refractivity contribution in [1.82, 2.24) is 15.5 Å². The summed E-state index contributed by atoms with van der Waals surface area (Å²) < 4.78 is 5.64. The molecule has 2 aromatic heterocycles. The minimum Gasteiger partial charge on any atom is -0.460 e. The number of rotatable bonds is 6. The molecule has 4 nitrogen and oxygen atoms in total. The fourth-order valence-corrected chi connectivity index (χ4v) is 2.05. The third kappa shape index (κ3) is 3.26. The first kappa shape index (κ1) is 13.9. The van der Waals surface area contributed by atoms with Crippen molar-refractivity contribution in [2.45, 2.75) is 46.7 Å². The topological polar surface area (TPSA) is 53.9 Å². The summed E-state index contributed by atoms with van der Waals surface area (Å²) in [5, 5.41) is 10.7. The summed E-state index contributed by atoms with van der Waals surface area (Å²) in [6.07, 6.45) is 3.05. The molecule has 4 heteroatoms. The van der Waals surface area contributed by atoms with Crippen molar-refractivity contribution < 1.29 is 4.42 Å². The molecule has 2 atom stereocenters. The molecule has 0 fully saturated rings. The molecule has 0 saturated heterocycles. The van der Waals surface area contributed by atoms with Crippen LogP contribution in [-0.2, 0) is 6.54 Å². The van der Waals surface area contributed by atoms with Crippen LogP contribution in [0.1, 0.15) is 38.5 Å². The van der Waals surface area contributed by atoms with Gasteiger partial charge >= 0.3 is 0 Å². The largest absolute Gasteiger partial charge is 0.460 e. The highest BCUT2D eigenvalue weighted by atomic mass is 16.3. The normalized spacial score (nSPS) is 14.5. The summed E-state index contributed by atoms with van der Waals surface area (Å²) >= 11 is 0. The average Bonchev–Trinajstić information content (AvgIpc) is 3.03. The van der Waals surface area contributed by atoms with E-state index in [1.165, 1.54) is 6.42 Å². The predicted octanol–water partition coefficient (Wildman–Crippen LogP) is 3.50. The van der Waals surface area contributed by atoms with Crippen LogP contribution in [0.15, 0.2) is 22.7 Å². The van der Waals surface area contributed by atoms with Crippen molar-refractivity contribution in [2.24, 2.45) is 5.92 Å². The molecule has 0 aliphatic rings. The Kier molecular flexibility index (Phi) is 4.43. The number of nitrogens with one attached hydrogen (secondary N) is 2. The number of H-pyrrole nitrogens is 1. The molecule has 2 aromatic rings. The van der Waals surface area contributed by atoms with E-state index in [2.05, 4.69) is 36.3 Å². The van der Waals surface area contributed by atoms with Gasteiger partial charge < -0.3 is 9.73 Å². The maximum absolute atomic E-state index is 5.64. The van der Waals surface area contributed by atoms with E-state index in [-0.39, 0.29) is 0 Å². The van der Waals surface area contributed by atoms with E-state index in [1.54, 1.807) is 0 Å². The average molecular weight is 261 g/mol. The summed E-state index contributed by atoms with van der Waals surface area (Å²) in [4.78, 5) is 0. The van der Waals surface area contributed by atoms with Gasteiger partial charge in [0, 0.05) is 18.2 Å². The van der Waals surface area contributed by atoms with Crippen LogP contribution in [0.4, 0.5) is 0 Å². The minimum absolute atomic E-state index is 0.492. The molecule has 19 heavy (non-hydrogen) atoms. The van der Waals surface area contributed by atoms with Crippen molar-refractivity contribution in [3.63, 3.8) is 0 Å². The number of hydrogen-bond acceptors (Lipinski definition) is 3. The van der Waals surface area contributed by atoms with Gasteiger partial charge in [0.1, 0.15) is 11.5 Å². The van der Waals surface area contributed by atoms with Gasteiger partial charge in [-0.3, -0.25) is 5.10 Å². The van der Waals surface area contributed by atoms with Crippen LogP contribution in [0.2, 0.25) is 0 Å². The number of furan rings is 1. The van der Waals surface area contributed by atoms with Crippen LogP contribution in [0.3, 0.4) is 0 Å². The zero-order valence-electron chi connectivity index (χ0n) is 12.2. The molecular formula is C15H23N3O. The van der Waals surface area contributed by atoms with Gasteiger partial charge in [-0.25, -0.2) is 0 Å². The second-order valence-corrected chi connectivity index (χ2v) is 5.24. The van der Waals surface area contributed by atoms with E-state index < -0.39 is 0 Å². The van der Waals surface area contributed by atoms with Gasteiger partial charge in [-0.1, -0.05) is 20.3 Å². The van der Waals surface area contributed by atoms with E-state index in [1.807, 2.05) is 25.3 Å². The number of hydrogen-bond donors (Lipinski definition) is 2. The zero-order chi connectivity index (χ0) is 13.8. The molecule has 2 N–H and O–H groups in total. The number of aromatic amines is 1. The Morgan fingerprint density at radius 1 is 1.37 bits per heavy atom. The van der Waals surface area contributed by atoms with Crippen LogP contribution in [-0.4, -0.2) is 16.2 Å². The summed E-state index contributed by atoms with van der Waals surface area (Å²) in [6, 6.07) is 4.44. The highest BCUT2D eigenvalue weighted by Crippen LogP contribution is 2.23. The number of aryl methyl sites for hydroxylation is 1. The van der Waals surface area contributed by atoms with Crippen molar-refractivity contribution in [2.75, 3.05) is 0 Å². The highest BCUT2D eigenvalue weighted by Gasteiger charge is 2.14. The smallest absolute Gasteiger partial charge is 0.152 e. The quantitative estimate of drug-likeness (QED) is 0.836. The SMILES string of the molecule is CCC(C)C(C)NCc1cn[nH]c1-c1ccc(C)o1. The first-order valence-corrected chi connectivity index (χ1v) is 6.94. The number of aromatic nitrogens is 2. The maximum atomic E-state index is 5.64. The molecule has 0 radical (unpaired) electrons. The van der Waals surface area contributed by atoms with E-state index in [0.717, 1.165) is 29.3 Å². The Morgan fingerprint density at radius 3 is 2.79 bits per heavy atom. The van der Waals surface area contributed by atoms with Gasteiger partial charge in [-0.15, -0.1) is 0 Å². The zero-order valence-corrected chi connectivity index (χ0v) is 12.2. The van der Waals surface area contributed by atoms with Crippen LogP contribution < -0.4 is 5.32 Å². The van der Waals surface area contributed by atoms with E-state index in [9.17, 15) is 0 Å². The third-order valence-electron chi connectivity index (χ3n) is 3.82. The molecule has 2 heterocycles. The van der Waals surface area contributed by atoms with Crippen LogP contribution in [0.25, 0.3) is 11.5 Å². The molecular weight excluding hydrogens is 238 g/mol. The highest BCUT2D eigenvalue weighted by molar-refractivity contribution is 5.56. The summed E-state index contributed by atoms with van der Waals surface area (Å²) in [5.74, 6) is 2.43. The summed E-state index contributed by atoms with van der Waals surface area (Å²) in [7, 11) is 0. The van der Waals surface area contributed by atoms with E-state index in [0.29, 0.717) is 12.0 Å². The molecule has 2 rings (SSSR count). The lowest BCUT2D eigenvalue weighted by Gasteiger charge is -2.19. The van der Waals surface area contributed by atoms with Gasteiger partial charge in [0.05, 0.1) is 6.20 Å². The predicted molar refractivity (Wildman–Crippen MR) is 76.8 cm³/mol. The Hall–Kier alpha value is -1.55. The van der Waals surface area contributed by atoms with E-state index >= 15 is 0 Å². The second kappa shape index (κ2) is 6.06. The molecule has 0 spiro atoms. The first-order valence-electron chi connectivity index (χ1n) is 6.94. The fraction of sp³-hybridized carbons (Fsp3) is 0.533. The van der Waals surface area contributed by atoms with Gasteiger partial charge in [-0.2, -0.15) is 5.10 Å². The second-order valence-electron chi connectivity index (χ2n) is 5.24. The standard InChI is InChI=1S/C15H23N3O/c1-5-10(2)12(4)16-8-13-9-17-18-15(13)14-7-6-11(3)19-14/h6-7,9-10,12,16H,5,8H2,1-4H3,(H,17,18). The summed E-state index contributed by atoms with van der Waals surface area (Å²) in [6.45, 7) is 9.46. The van der Waals surface area contributed by atoms with Crippen molar-refractivity contribution >= 4 is 0 Å². The van der Waals surface area contributed by atoms with Gasteiger partial charge in [0.15, 0.2) is 5.76 Å². The molecule has 0 aromatic carbocycles. The van der Waals surface area contributed by atoms with Crippen molar-refractivity contribution in [1.29, 1.82) is 0 Å². The Labute approximate surface area is 114 Å². The maximum Gasteiger partial charge on any atom is 0.152 e. The molecule has 104 valence electrons.